The Balaban J connectivity index is 1.29. The largest absolute Gasteiger partial charge is 0.356 e. The number of hydrogen-bond donors (Lipinski definition) is 0. The Morgan fingerprint density at radius 1 is 1.19 bits per heavy atom. The van der Waals surface area contributed by atoms with Gasteiger partial charge in [-0.3, -0.25) is 4.79 Å². The van der Waals surface area contributed by atoms with Gasteiger partial charge in [-0.1, -0.05) is 28.1 Å². The molecule has 2 aromatic heterocycles. The van der Waals surface area contributed by atoms with Gasteiger partial charge in [-0.25, -0.2) is 9.97 Å². The molecular formula is C24H27BrN4OS. The molecule has 1 saturated carbocycles. The van der Waals surface area contributed by atoms with Crippen LogP contribution >= 0.6 is 27.3 Å². The smallest absolute Gasteiger partial charge is 0.226 e. The number of carbonyl (C=O) groups excluding carboxylic acids is 1. The van der Waals surface area contributed by atoms with Crippen molar-refractivity contribution < 1.29 is 4.79 Å². The number of aryl methyl sites for hydroxylation is 2. The second kappa shape index (κ2) is 8.51. The Bertz CT molecular complexity index is 1120. The summed E-state index contributed by atoms with van der Waals surface area (Å²) in [6.07, 6.45) is 5.71. The fourth-order valence-electron chi connectivity index (χ4n) is 4.58. The Hall–Kier alpha value is -1.99. The van der Waals surface area contributed by atoms with Gasteiger partial charge in [-0.15, -0.1) is 11.3 Å². The Kier molecular flexibility index (Phi) is 5.73. The number of anilines is 1. The van der Waals surface area contributed by atoms with Crippen LogP contribution < -0.4 is 4.90 Å². The van der Waals surface area contributed by atoms with E-state index in [1.807, 2.05) is 12.1 Å². The van der Waals surface area contributed by atoms with Crippen molar-refractivity contribution in [1.29, 1.82) is 0 Å². The lowest BCUT2D eigenvalue weighted by Crippen LogP contribution is -2.43. The van der Waals surface area contributed by atoms with Crippen molar-refractivity contribution in [3.63, 3.8) is 0 Å². The van der Waals surface area contributed by atoms with Gasteiger partial charge in [0, 0.05) is 40.9 Å². The molecule has 1 aromatic carbocycles. The molecule has 1 saturated heterocycles. The van der Waals surface area contributed by atoms with Gasteiger partial charge in [0.2, 0.25) is 5.91 Å². The van der Waals surface area contributed by atoms with Crippen LogP contribution in [0.15, 0.2) is 35.1 Å². The van der Waals surface area contributed by atoms with Gasteiger partial charge in [0.25, 0.3) is 0 Å². The first-order valence-electron chi connectivity index (χ1n) is 11.0. The highest BCUT2D eigenvalue weighted by Gasteiger charge is 2.37. The maximum atomic E-state index is 13.5. The number of nitrogens with zero attached hydrogens (tertiary/aromatic N) is 4. The number of benzene rings is 1. The minimum absolute atomic E-state index is 0.103. The molecule has 1 amide bonds. The number of carbonyl (C=O) groups is 1. The van der Waals surface area contributed by atoms with Crippen LogP contribution in [-0.2, 0) is 11.3 Å². The standard InChI is InChI=1S/C24H27BrN4OS/c1-15-16(2)31-23-21(15)22(26-14-27-23)28-10-8-18(9-11-28)24(30)29(20-6-7-20)13-17-4-3-5-19(25)12-17/h3-5,12,14,18,20H,6-11,13H2,1-2H3. The van der Waals surface area contributed by atoms with Gasteiger partial charge in [-0.2, -0.15) is 0 Å². The summed E-state index contributed by atoms with van der Waals surface area (Å²) >= 11 is 5.29. The number of amides is 1. The molecule has 0 radical (unpaired) electrons. The van der Waals surface area contributed by atoms with Crippen molar-refractivity contribution in [2.45, 2.75) is 52.1 Å². The number of rotatable bonds is 5. The molecule has 31 heavy (non-hydrogen) atoms. The number of halogens is 1. The van der Waals surface area contributed by atoms with Crippen LogP contribution in [0, 0.1) is 19.8 Å². The van der Waals surface area contributed by atoms with Crippen molar-refractivity contribution in [3.05, 3.63) is 51.1 Å². The zero-order valence-electron chi connectivity index (χ0n) is 18.0. The average molecular weight is 499 g/mol. The third-order valence-electron chi connectivity index (χ3n) is 6.60. The van der Waals surface area contributed by atoms with E-state index < -0.39 is 0 Å². The number of aromatic nitrogens is 2. The highest BCUT2D eigenvalue weighted by molar-refractivity contribution is 9.10. The molecule has 0 N–H and O–H groups in total. The van der Waals surface area contributed by atoms with E-state index in [9.17, 15) is 4.79 Å². The van der Waals surface area contributed by atoms with Crippen LogP contribution in [0.25, 0.3) is 10.2 Å². The predicted molar refractivity (Wildman–Crippen MR) is 130 cm³/mol. The molecule has 0 atom stereocenters. The van der Waals surface area contributed by atoms with Crippen molar-refractivity contribution in [2.24, 2.45) is 5.92 Å². The topological polar surface area (TPSA) is 49.3 Å². The molecule has 3 aromatic rings. The van der Waals surface area contributed by atoms with Gasteiger partial charge in [-0.05, 0) is 62.8 Å². The lowest BCUT2D eigenvalue weighted by Gasteiger charge is -2.35. The van der Waals surface area contributed by atoms with Crippen molar-refractivity contribution in [2.75, 3.05) is 18.0 Å². The van der Waals surface area contributed by atoms with Gasteiger partial charge in [0.1, 0.15) is 17.0 Å². The molecule has 5 nitrogen and oxygen atoms in total. The van der Waals surface area contributed by atoms with E-state index in [-0.39, 0.29) is 5.92 Å². The summed E-state index contributed by atoms with van der Waals surface area (Å²) in [7, 11) is 0. The second-order valence-electron chi connectivity index (χ2n) is 8.75. The van der Waals surface area contributed by atoms with E-state index in [0.29, 0.717) is 18.5 Å². The SMILES string of the molecule is Cc1sc2ncnc(N3CCC(C(=O)N(Cc4cccc(Br)c4)C4CC4)CC3)c2c1C. The van der Waals surface area contributed by atoms with Gasteiger partial charge in [0.15, 0.2) is 0 Å². The summed E-state index contributed by atoms with van der Waals surface area (Å²) in [5.41, 5.74) is 2.47. The maximum absolute atomic E-state index is 13.5. The quantitative estimate of drug-likeness (QED) is 0.467. The normalized spacial score (nSPS) is 17.3. The van der Waals surface area contributed by atoms with Crippen LogP contribution in [0.5, 0.6) is 0 Å². The lowest BCUT2D eigenvalue weighted by atomic mass is 9.94. The molecule has 0 spiro atoms. The summed E-state index contributed by atoms with van der Waals surface area (Å²) in [4.78, 5) is 29.4. The molecule has 2 fully saturated rings. The second-order valence-corrected chi connectivity index (χ2v) is 10.9. The van der Waals surface area contributed by atoms with Crippen molar-refractivity contribution in [1.82, 2.24) is 14.9 Å². The molecule has 1 aliphatic carbocycles. The highest BCUT2D eigenvalue weighted by Crippen LogP contribution is 2.37. The first kappa shape index (κ1) is 20.9. The molecule has 0 bridgehead atoms. The molecule has 2 aliphatic rings. The molecule has 1 aliphatic heterocycles. The summed E-state index contributed by atoms with van der Waals surface area (Å²) in [6, 6.07) is 8.73. The van der Waals surface area contributed by atoms with E-state index in [2.05, 4.69) is 61.7 Å². The van der Waals surface area contributed by atoms with E-state index in [1.54, 1.807) is 17.7 Å². The van der Waals surface area contributed by atoms with Gasteiger partial charge in [0.05, 0.1) is 5.39 Å². The molecule has 162 valence electrons. The fourth-order valence-corrected chi connectivity index (χ4v) is 6.02. The molecule has 0 unspecified atom stereocenters. The summed E-state index contributed by atoms with van der Waals surface area (Å²) in [6.45, 7) is 6.75. The average Bonchev–Trinajstić information content (AvgIpc) is 3.57. The van der Waals surface area contributed by atoms with E-state index in [0.717, 1.165) is 53.9 Å². The van der Waals surface area contributed by atoms with Crippen LogP contribution in [0.1, 0.15) is 41.7 Å². The minimum atomic E-state index is 0.103. The number of hydrogen-bond acceptors (Lipinski definition) is 5. The van der Waals surface area contributed by atoms with Crippen LogP contribution in [-0.4, -0.2) is 39.9 Å². The molecular weight excluding hydrogens is 472 g/mol. The zero-order valence-corrected chi connectivity index (χ0v) is 20.4. The van der Waals surface area contributed by atoms with Crippen LogP contribution in [0.4, 0.5) is 5.82 Å². The van der Waals surface area contributed by atoms with Gasteiger partial charge < -0.3 is 9.80 Å². The molecule has 3 heterocycles. The Morgan fingerprint density at radius 2 is 1.97 bits per heavy atom. The first-order valence-corrected chi connectivity index (χ1v) is 12.6. The summed E-state index contributed by atoms with van der Waals surface area (Å²) in [5.74, 6) is 1.47. The van der Waals surface area contributed by atoms with E-state index in [1.165, 1.54) is 21.4 Å². The highest BCUT2D eigenvalue weighted by atomic mass is 79.9. The first-order chi connectivity index (χ1) is 15.0. The third kappa shape index (κ3) is 4.22. The molecule has 5 rings (SSSR count). The summed E-state index contributed by atoms with van der Waals surface area (Å²) < 4.78 is 1.07. The third-order valence-corrected chi connectivity index (χ3v) is 8.21. The number of fused-ring (bicyclic) bond motifs is 1. The number of thiophene rings is 1. The van der Waals surface area contributed by atoms with Gasteiger partial charge >= 0.3 is 0 Å². The lowest BCUT2D eigenvalue weighted by molar-refractivity contribution is -0.137. The monoisotopic (exact) mass is 498 g/mol. The van der Waals surface area contributed by atoms with Crippen molar-refractivity contribution in [3.8, 4) is 0 Å². The van der Waals surface area contributed by atoms with Crippen LogP contribution in [0.2, 0.25) is 0 Å². The van der Waals surface area contributed by atoms with Crippen LogP contribution in [0.3, 0.4) is 0 Å². The Morgan fingerprint density at radius 3 is 2.68 bits per heavy atom. The van der Waals surface area contributed by atoms with Crippen molar-refractivity contribution >= 4 is 49.2 Å². The fraction of sp³-hybridized carbons (Fsp3) is 0.458. The van der Waals surface area contributed by atoms with E-state index in [4.69, 9.17) is 0 Å². The summed E-state index contributed by atoms with van der Waals surface area (Å²) in [5, 5.41) is 1.18. The minimum Gasteiger partial charge on any atom is -0.356 e. The maximum Gasteiger partial charge on any atom is 0.226 e. The Labute approximate surface area is 195 Å². The predicted octanol–water partition coefficient (Wildman–Crippen LogP) is 5.48. The molecule has 7 heteroatoms. The number of piperidine rings is 1. The zero-order chi connectivity index (χ0) is 21.5. The van der Waals surface area contributed by atoms with E-state index >= 15 is 0 Å².